The molecule has 2 aromatic rings. The number of carbonyl (C=O) groups is 1. The molecular weight excluding hydrogens is 398 g/mol. The number of hydrogen-bond donors (Lipinski definition) is 2. The Kier molecular flexibility index (Phi) is 3.80. The predicted molar refractivity (Wildman–Crippen MR) is 102 cm³/mol. The number of cyclic esters (lactones) is 1. The van der Waals surface area contributed by atoms with Crippen molar-refractivity contribution in [3.8, 4) is 16.9 Å². The first-order valence-corrected chi connectivity index (χ1v) is 8.87. The Labute approximate surface area is 159 Å². The van der Waals surface area contributed by atoms with Gasteiger partial charge in [-0.05, 0) is 53.0 Å². The molecule has 132 valence electrons. The molecule has 0 radical (unpaired) electrons. The number of aliphatic hydroxyl groups excluding tert-OH is 1. The van der Waals surface area contributed by atoms with Gasteiger partial charge in [-0.3, -0.25) is 0 Å². The van der Waals surface area contributed by atoms with Gasteiger partial charge in [-0.1, -0.05) is 30.3 Å². The van der Waals surface area contributed by atoms with Crippen LogP contribution in [0.15, 0.2) is 70.1 Å². The predicted octanol–water partition coefficient (Wildman–Crippen LogP) is 4.91. The number of allylic oxidation sites excluding steroid dienone is 2. The molecule has 2 heterocycles. The third-order valence-corrected chi connectivity index (χ3v) is 4.92. The molecule has 4 rings (SSSR count). The van der Waals surface area contributed by atoms with Gasteiger partial charge < -0.3 is 19.9 Å². The van der Waals surface area contributed by atoms with Gasteiger partial charge >= 0.3 is 5.97 Å². The van der Waals surface area contributed by atoms with Crippen LogP contribution in [0.1, 0.15) is 13.8 Å². The van der Waals surface area contributed by atoms with Gasteiger partial charge in [0.05, 0.1) is 10.2 Å². The van der Waals surface area contributed by atoms with Crippen molar-refractivity contribution in [3.63, 3.8) is 0 Å². The van der Waals surface area contributed by atoms with Crippen LogP contribution in [0.2, 0.25) is 0 Å². The van der Waals surface area contributed by atoms with E-state index in [0.717, 1.165) is 21.3 Å². The van der Waals surface area contributed by atoms with E-state index >= 15 is 0 Å². The molecule has 0 bridgehead atoms. The lowest BCUT2D eigenvalue weighted by Crippen LogP contribution is -2.47. The van der Waals surface area contributed by atoms with Crippen molar-refractivity contribution in [2.24, 2.45) is 0 Å². The molecule has 0 saturated heterocycles. The number of fused-ring (bicyclic) bond motifs is 1. The molecule has 2 N–H and O–H groups in total. The number of benzene rings is 2. The molecule has 1 atom stereocenters. The van der Waals surface area contributed by atoms with Crippen molar-refractivity contribution in [2.75, 3.05) is 5.32 Å². The first-order valence-electron chi connectivity index (χ1n) is 8.08. The van der Waals surface area contributed by atoms with Gasteiger partial charge in [0, 0.05) is 6.08 Å². The smallest absolute Gasteiger partial charge is 0.349 e. The molecule has 1 spiro atoms. The highest BCUT2D eigenvalue weighted by Crippen LogP contribution is 2.49. The van der Waals surface area contributed by atoms with Crippen molar-refractivity contribution < 1.29 is 19.4 Å². The SMILES string of the molecule is CC1=CC2(Nc3cc(-c4ccccc4)cc(Br)c3O2)/C(=C(\C)O)C(=O)O1. The summed E-state index contributed by atoms with van der Waals surface area (Å²) in [4.78, 5) is 12.3. The normalized spacial score (nSPS) is 22.9. The van der Waals surface area contributed by atoms with E-state index in [9.17, 15) is 9.90 Å². The standard InChI is InChI=1S/C20H16BrNO4/c1-11-10-20(17(12(2)23)19(24)25-11)22-16-9-14(8-15(21)18(16)26-20)13-6-4-3-5-7-13/h3-10,22-23H,1-2H3/b17-12+. The van der Waals surface area contributed by atoms with Crippen LogP contribution in [0.3, 0.4) is 0 Å². The largest absolute Gasteiger partial charge is 0.512 e. The Bertz CT molecular complexity index is 977. The molecule has 2 aliphatic rings. The minimum atomic E-state index is -1.29. The highest BCUT2D eigenvalue weighted by atomic mass is 79.9. The Morgan fingerprint density at radius 2 is 1.92 bits per heavy atom. The minimum Gasteiger partial charge on any atom is -0.512 e. The Hall–Kier alpha value is -2.73. The molecule has 0 fully saturated rings. The second-order valence-corrected chi connectivity index (χ2v) is 7.12. The Morgan fingerprint density at radius 3 is 2.62 bits per heavy atom. The zero-order chi connectivity index (χ0) is 18.5. The Balaban J connectivity index is 1.84. The number of aliphatic hydroxyl groups is 1. The van der Waals surface area contributed by atoms with Crippen LogP contribution in [0.5, 0.6) is 5.75 Å². The van der Waals surface area contributed by atoms with Gasteiger partial charge in [-0.25, -0.2) is 4.79 Å². The topological polar surface area (TPSA) is 67.8 Å². The first kappa shape index (κ1) is 16.7. The third kappa shape index (κ3) is 2.57. The van der Waals surface area contributed by atoms with E-state index in [1.165, 1.54) is 6.92 Å². The highest BCUT2D eigenvalue weighted by molar-refractivity contribution is 9.10. The van der Waals surface area contributed by atoms with Crippen molar-refractivity contribution in [1.82, 2.24) is 0 Å². The molecule has 2 aliphatic heterocycles. The van der Waals surface area contributed by atoms with Crippen LogP contribution in [0.25, 0.3) is 11.1 Å². The van der Waals surface area contributed by atoms with E-state index in [4.69, 9.17) is 9.47 Å². The number of hydrogen-bond acceptors (Lipinski definition) is 5. The van der Waals surface area contributed by atoms with E-state index in [1.54, 1.807) is 13.0 Å². The fourth-order valence-corrected chi connectivity index (χ4v) is 3.85. The van der Waals surface area contributed by atoms with E-state index in [2.05, 4.69) is 21.2 Å². The maximum absolute atomic E-state index is 12.3. The molecule has 0 amide bonds. The minimum absolute atomic E-state index is 0.0347. The molecule has 26 heavy (non-hydrogen) atoms. The summed E-state index contributed by atoms with van der Waals surface area (Å²) in [6.07, 6.45) is 1.65. The summed E-state index contributed by atoms with van der Waals surface area (Å²) in [5.74, 6) is 0.185. The molecule has 0 aliphatic carbocycles. The molecular formula is C20H16BrNO4. The lowest BCUT2D eigenvalue weighted by Gasteiger charge is -2.31. The summed E-state index contributed by atoms with van der Waals surface area (Å²) >= 11 is 3.55. The van der Waals surface area contributed by atoms with Gasteiger partial charge in [0.1, 0.15) is 17.1 Å². The van der Waals surface area contributed by atoms with Gasteiger partial charge in [-0.15, -0.1) is 0 Å². The Morgan fingerprint density at radius 1 is 1.19 bits per heavy atom. The molecule has 5 nitrogen and oxygen atoms in total. The number of halogens is 1. The monoisotopic (exact) mass is 413 g/mol. The van der Waals surface area contributed by atoms with E-state index in [0.29, 0.717) is 11.5 Å². The summed E-state index contributed by atoms with van der Waals surface area (Å²) in [5, 5.41) is 13.3. The van der Waals surface area contributed by atoms with Crippen molar-refractivity contribution in [1.29, 1.82) is 0 Å². The van der Waals surface area contributed by atoms with E-state index in [-0.39, 0.29) is 11.3 Å². The number of rotatable bonds is 1. The molecule has 1 unspecified atom stereocenters. The van der Waals surface area contributed by atoms with Gasteiger partial charge in [0.2, 0.25) is 5.72 Å². The van der Waals surface area contributed by atoms with Gasteiger partial charge in [0.25, 0.3) is 0 Å². The molecule has 6 heteroatoms. The summed E-state index contributed by atoms with van der Waals surface area (Å²) in [5.41, 5.74) is 1.51. The van der Waals surface area contributed by atoms with Gasteiger partial charge in [0.15, 0.2) is 5.75 Å². The van der Waals surface area contributed by atoms with Crippen LogP contribution in [0.4, 0.5) is 5.69 Å². The molecule has 0 aromatic heterocycles. The quantitative estimate of drug-likeness (QED) is 0.394. The van der Waals surface area contributed by atoms with Gasteiger partial charge in [-0.2, -0.15) is 0 Å². The third-order valence-electron chi connectivity index (χ3n) is 4.33. The number of nitrogens with one attached hydrogen (secondary N) is 1. The second-order valence-electron chi connectivity index (χ2n) is 6.27. The fourth-order valence-electron chi connectivity index (χ4n) is 3.31. The van der Waals surface area contributed by atoms with Crippen molar-refractivity contribution >= 4 is 27.6 Å². The lowest BCUT2D eigenvalue weighted by atomic mass is 9.98. The average Bonchev–Trinajstić information content (AvgIpc) is 2.92. The highest BCUT2D eigenvalue weighted by Gasteiger charge is 2.50. The van der Waals surface area contributed by atoms with Crippen LogP contribution in [-0.4, -0.2) is 16.8 Å². The first-order chi connectivity index (χ1) is 12.4. The fraction of sp³-hybridized carbons (Fsp3) is 0.150. The van der Waals surface area contributed by atoms with E-state index in [1.807, 2.05) is 42.5 Å². The summed E-state index contributed by atoms with van der Waals surface area (Å²) in [7, 11) is 0. The maximum atomic E-state index is 12.3. The van der Waals surface area contributed by atoms with E-state index < -0.39 is 11.7 Å². The number of esters is 1. The average molecular weight is 414 g/mol. The number of anilines is 1. The lowest BCUT2D eigenvalue weighted by molar-refractivity contribution is -0.138. The maximum Gasteiger partial charge on any atom is 0.349 e. The number of ether oxygens (including phenoxy) is 2. The second kappa shape index (κ2) is 5.92. The molecule has 2 aromatic carbocycles. The van der Waals surface area contributed by atoms with Crippen LogP contribution in [-0.2, 0) is 9.53 Å². The summed E-state index contributed by atoms with van der Waals surface area (Å²) in [6.45, 7) is 3.10. The summed E-state index contributed by atoms with van der Waals surface area (Å²) in [6, 6.07) is 13.9. The van der Waals surface area contributed by atoms with Crippen LogP contribution < -0.4 is 10.1 Å². The van der Waals surface area contributed by atoms with Crippen LogP contribution >= 0.6 is 15.9 Å². The zero-order valence-electron chi connectivity index (χ0n) is 14.2. The molecule has 0 saturated carbocycles. The zero-order valence-corrected chi connectivity index (χ0v) is 15.8. The number of carbonyl (C=O) groups excluding carboxylic acids is 1. The summed E-state index contributed by atoms with van der Waals surface area (Å²) < 4.78 is 12.0. The van der Waals surface area contributed by atoms with Crippen molar-refractivity contribution in [3.05, 3.63) is 70.1 Å². The van der Waals surface area contributed by atoms with Crippen molar-refractivity contribution in [2.45, 2.75) is 19.6 Å². The van der Waals surface area contributed by atoms with Crippen LogP contribution in [0, 0.1) is 0 Å².